The van der Waals surface area contributed by atoms with Gasteiger partial charge in [0, 0.05) is 23.2 Å². The van der Waals surface area contributed by atoms with Crippen molar-refractivity contribution in [3.63, 3.8) is 0 Å². The molecule has 1 unspecified atom stereocenters. The molecule has 0 bridgehead atoms. The average Bonchev–Trinajstić information content (AvgIpc) is 2.65. The van der Waals surface area contributed by atoms with Crippen LogP contribution in [0.4, 0.5) is 0 Å². The Morgan fingerprint density at radius 1 is 1.40 bits per heavy atom. The number of amides is 1. The molecule has 1 aromatic rings. The predicted octanol–water partition coefficient (Wildman–Crippen LogP) is 2.96. The molecule has 0 aliphatic carbocycles. The Morgan fingerprint density at radius 3 is 2.60 bits per heavy atom. The first-order valence-corrected chi connectivity index (χ1v) is 5.63. The van der Waals surface area contributed by atoms with Gasteiger partial charge in [0.25, 0.3) is 5.91 Å². The van der Waals surface area contributed by atoms with Gasteiger partial charge in [-0.2, -0.15) is 0 Å². The highest BCUT2D eigenvalue weighted by molar-refractivity contribution is 6.30. The zero-order valence-corrected chi connectivity index (χ0v) is 9.50. The van der Waals surface area contributed by atoms with Crippen molar-refractivity contribution in [3.8, 4) is 0 Å². The molecule has 1 amide bonds. The largest absolute Gasteiger partial charge is 0.336 e. The standard InChI is InChI=1S/C12H14ClNO/c1-9-3-2-8-14(9)12(15)10-4-6-11(13)7-5-10/h4-7,9H,2-3,8H2,1H3. The SMILES string of the molecule is CC1CCCN1C(=O)c1ccc(Cl)cc1. The topological polar surface area (TPSA) is 20.3 Å². The van der Waals surface area contributed by atoms with Gasteiger partial charge >= 0.3 is 0 Å². The molecule has 0 saturated carbocycles. The van der Waals surface area contributed by atoms with E-state index in [4.69, 9.17) is 11.6 Å². The first-order chi connectivity index (χ1) is 7.18. The van der Waals surface area contributed by atoms with Crippen LogP contribution in [-0.2, 0) is 0 Å². The van der Waals surface area contributed by atoms with Crippen LogP contribution >= 0.6 is 11.6 Å². The lowest BCUT2D eigenvalue weighted by Crippen LogP contribution is -2.33. The summed E-state index contributed by atoms with van der Waals surface area (Å²) in [7, 11) is 0. The fourth-order valence-electron chi connectivity index (χ4n) is 1.99. The molecule has 1 aromatic carbocycles. The Morgan fingerprint density at radius 2 is 2.07 bits per heavy atom. The van der Waals surface area contributed by atoms with E-state index in [0.717, 1.165) is 24.9 Å². The molecule has 1 atom stereocenters. The lowest BCUT2D eigenvalue weighted by atomic mass is 10.2. The monoisotopic (exact) mass is 223 g/mol. The zero-order valence-electron chi connectivity index (χ0n) is 8.74. The molecule has 15 heavy (non-hydrogen) atoms. The molecule has 1 heterocycles. The molecule has 0 aromatic heterocycles. The molecule has 1 aliphatic rings. The molecule has 1 fully saturated rings. The van der Waals surface area contributed by atoms with Gasteiger partial charge in [0.2, 0.25) is 0 Å². The Kier molecular flexibility index (Phi) is 2.96. The van der Waals surface area contributed by atoms with Gasteiger partial charge in [-0.3, -0.25) is 4.79 Å². The van der Waals surface area contributed by atoms with Crippen molar-refractivity contribution in [3.05, 3.63) is 34.9 Å². The van der Waals surface area contributed by atoms with Gasteiger partial charge < -0.3 is 4.90 Å². The van der Waals surface area contributed by atoms with Crippen molar-refractivity contribution in [2.24, 2.45) is 0 Å². The van der Waals surface area contributed by atoms with Crippen molar-refractivity contribution in [1.29, 1.82) is 0 Å². The molecule has 1 saturated heterocycles. The number of nitrogens with zero attached hydrogens (tertiary/aromatic N) is 1. The molecular weight excluding hydrogens is 210 g/mol. The lowest BCUT2D eigenvalue weighted by molar-refractivity contribution is 0.0747. The van der Waals surface area contributed by atoms with Crippen LogP contribution in [0.2, 0.25) is 5.02 Å². The molecule has 1 aliphatic heterocycles. The highest BCUT2D eigenvalue weighted by Crippen LogP contribution is 2.20. The highest BCUT2D eigenvalue weighted by Gasteiger charge is 2.25. The fourth-order valence-corrected chi connectivity index (χ4v) is 2.12. The Bertz CT molecular complexity index is 360. The second kappa shape index (κ2) is 4.23. The fraction of sp³-hybridized carbons (Fsp3) is 0.417. The maximum atomic E-state index is 12.1. The van der Waals surface area contributed by atoms with E-state index in [1.807, 2.05) is 4.90 Å². The summed E-state index contributed by atoms with van der Waals surface area (Å²) >= 11 is 5.78. The third-order valence-electron chi connectivity index (χ3n) is 2.91. The van der Waals surface area contributed by atoms with E-state index in [0.29, 0.717) is 11.1 Å². The first kappa shape index (κ1) is 10.5. The van der Waals surface area contributed by atoms with Crippen LogP contribution < -0.4 is 0 Å². The summed E-state index contributed by atoms with van der Waals surface area (Å²) in [6.07, 6.45) is 2.22. The third kappa shape index (κ3) is 2.15. The molecule has 2 nitrogen and oxygen atoms in total. The number of halogens is 1. The van der Waals surface area contributed by atoms with E-state index in [1.54, 1.807) is 24.3 Å². The van der Waals surface area contributed by atoms with Gasteiger partial charge in [-0.25, -0.2) is 0 Å². The van der Waals surface area contributed by atoms with Gasteiger partial charge in [0.05, 0.1) is 0 Å². The molecule has 3 heteroatoms. The van der Waals surface area contributed by atoms with E-state index in [1.165, 1.54) is 0 Å². The first-order valence-electron chi connectivity index (χ1n) is 5.25. The minimum Gasteiger partial charge on any atom is -0.336 e. The highest BCUT2D eigenvalue weighted by atomic mass is 35.5. The Balaban J connectivity index is 2.17. The summed E-state index contributed by atoms with van der Waals surface area (Å²) in [6.45, 7) is 2.98. The maximum absolute atomic E-state index is 12.1. The second-order valence-corrected chi connectivity index (χ2v) is 4.43. The number of hydrogen-bond acceptors (Lipinski definition) is 1. The lowest BCUT2D eigenvalue weighted by Gasteiger charge is -2.21. The van der Waals surface area contributed by atoms with Crippen molar-refractivity contribution in [2.45, 2.75) is 25.8 Å². The van der Waals surface area contributed by atoms with Gasteiger partial charge in [-0.05, 0) is 44.0 Å². The van der Waals surface area contributed by atoms with Crippen LogP contribution in [0.1, 0.15) is 30.1 Å². The van der Waals surface area contributed by atoms with Crippen LogP contribution in [0.15, 0.2) is 24.3 Å². The summed E-state index contributed by atoms with van der Waals surface area (Å²) in [5.74, 6) is 0.122. The molecule has 0 N–H and O–H groups in total. The van der Waals surface area contributed by atoms with Gasteiger partial charge in [0.1, 0.15) is 0 Å². The summed E-state index contributed by atoms with van der Waals surface area (Å²) in [6, 6.07) is 7.46. The molecule has 80 valence electrons. The van der Waals surface area contributed by atoms with E-state index >= 15 is 0 Å². The zero-order chi connectivity index (χ0) is 10.8. The van der Waals surface area contributed by atoms with Crippen molar-refractivity contribution in [2.75, 3.05) is 6.54 Å². The normalized spacial score (nSPS) is 20.7. The van der Waals surface area contributed by atoms with E-state index in [9.17, 15) is 4.79 Å². The van der Waals surface area contributed by atoms with Gasteiger partial charge in [-0.1, -0.05) is 11.6 Å². The van der Waals surface area contributed by atoms with Crippen molar-refractivity contribution < 1.29 is 4.79 Å². The average molecular weight is 224 g/mol. The second-order valence-electron chi connectivity index (χ2n) is 4.00. The summed E-state index contributed by atoms with van der Waals surface area (Å²) in [4.78, 5) is 14.0. The summed E-state index contributed by atoms with van der Waals surface area (Å²) in [5.41, 5.74) is 0.730. The molecule has 0 spiro atoms. The van der Waals surface area contributed by atoms with Gasteiger partial charge in [0.15, 0.2) is 0 Å². The number of carbonyl (C=O) groups is 1. The van der Waals surface area contributed by atoms with Crippen molar-refractivity contribution >= 4 is 17.5 Å². The molecule has 2 rings (SSSR count). The smallest absolute Gasteiger partial charge is 0.254 e. The Hall–Kier alpha value is -1.02. The van der Waals surface area contributed by atoms with Crippen LogP contribution in [0.3, 0.4) is 0 Å². The minimum atomic E-state index is 0.122. The number of benzene rings is 1. The predicted molar refractivity (Wildman–Crippen MR) is 61.2 cm³/mol. The third-order valence-corrected chi connectivity index (χ3v) is 3.16. The maximum Gasteiger partial charge on any atom is 0.254 e. The minimum absolute atomic E-state index is 0.122. The molecular formula is C12H14ClNO. The number of carbonyl (C=O) groups excluding carboxylic acids is 1. The van der Waals surface area contributed by atoms with E-state index < -0.39 is 0 Å². The number of likely N-dealkylation sites (tertiary alicyclic amines) is 1. The van der Waals surface area contributed by atoms with Crippen molar-refractivity contribution in [1.82, 2.24) is 4.90 Å². The van der Waals surface area contributed by atoms with E-state index in [-0.39, 0.29) is 5.91 Å². The van der Waals surface area contributed by atoms with Crippen LogP contribution in [-0.4, -0.2) is 23.4 Å². The van der Waals surface area contributed by atoms with Crippen LogP contribution in [0, 0.1) is 0 Å². The number of rotatable bonds is 1. The van der Waals surface area contributed by atoms with Crippen LogP contribution in [0.5, 0.6) is 0 Å². The summed E-state index contributed by atoms with van der Waals surface area (Å²) < 4.78 is 0. The van der Waals surface area contributed by atoms with E-state index in [2.05, 4.69) is 6.92 Å². The quantitative estimate of drug-likeness (QED) is 0.717. The van der Waals surface area contributed by atoms with Gasteiger partial charge in [-0.15, -0.1) is 0 Å². The number of hydrogen-bond donors (Lipinski definition) is 0. The Labute approximate surface area is 94.8 Å². The van der Waals surface area contributed by atoms with Crippen LogP contribution in [0.25, 0.3) is 0 Å². The summed E-state index contributed by atoms with van der Waals surface area (Å²) in [5, 5.41) is 0.668. The molecule has 0 radical (unpaired) electrons.